The molecule has 2 aromatic rings. The number of amides is 1. The fourth-order valence-corrected chi connectivity index (χ4v) is 4.41. The molecule has 1 aliphatic rings. The second-order valence-corrected chi connectivity index (χ2v) is 8.26. The molecule has 0 atom stereocenters. The monoisotopic (exact) mass is 361 g/mol. The summed E-state index contributed by atoms with van der Waals surface area (Å²) >= 11 is 0. The molecule has 0 bridgehead atoms. The summed E-state index contributed by atoms with van der Waals surface area (Å²) in [4.78, 5) is 12.3. The zero-order valence-electron chi connectivity index (χ0n) is 14.1. The van der Waals surface area contributed by atoms with Crippen molar-refractivity contribution < 1.29 is 13.2 Å². The van der Waals surface area contributed by atoms with Gasteiger partial charge in [0.15, 0.2) is 0 Å². The Morgan fingerprint density at radius 2 is 1.76 bits per heavy atom. The van der Waals surface area contributed by atoms with E-state index in [1.807, 2.05) is 41.2 Å². The molecule has 0 aliphatic carbocycles. The maximum atomic E-state index is 12.3. The topological polar surface area (TPSA) is 71.4 Å². The summed E-state index contributed by atoms with van der Waals surface area (Å²) in [6.07, 6.45) is 6.72. The predicted molar refractivity (Wildman–Crippen MR) is 97.3 cm³/mol. The highest BCUT2D eigenvalue weighted by molar-refractivity contribution is 7.89. The highest BCUT2D eigenvalue weighted by Gasteiger charge is 2.23. The molecule has 0 spiro atoms. The highest BCUT2D eigenvalue weighted by Crippen LogP contribution is 2.13. The third-order valence-electron chi connectivity index (χ3n) is 4.36. The van der Waals surface area contributed by atoms with Crippen LogP contribution in [0.15, 0.2) is 48.8 Å². The van der Waals surface area contributed by atoms with E-state index in [-0.39, 0.29) is 18.2 Å². The van der Waals surface area contributed by atoms with Crippen LogP contribution < -0.4 is 5.32 Å². The molecule has 2 heterocycles. The largest absolute Gasteiger partial charge is 0.351 e. The van der Waals surface area contributed by atoms with Gasteiger partial charge >= 0.3 is 0 Å². The number of sulfonamides is 1. The van der Waals surface area contributed by atoms with Crippen LogP contribution in [0.1, 0.15) is 29.6 Å². The maximum Gasteiger partial charge on any atom is 0.251 e. The summed E-state index contributed by atoms with van der Waals surface area (Å²) in [6.45, 7) is 1.30. The fourth-order valence-electron chi connectivity index (χ4n) is 2.98. The van der Waals surface area contributed by atoms with Crippen LogP contribution in [0, 0.1) is 0 Å². The maximum absolute atomic E-state index is 12.3. The number of nitrogens with one attached hydrogen (secondary N) is 1. The lowest BCUT2D eigenvalue weighted by Crippen LogP contribution is -2.40. The number of hydrogen-bond donors (Lipinski definition) is 1. The SMILES string of the molecule is O=C(NCCS(=O)(=O)N1CCCCC1)c1cccc(-n2cccc2)c1. The van der Waals surface area contributed by atoms with Gasteiger partial charge in [-0.2, -0.15) is 0 Å². The van der Waals surface area contributed by atoms with Gasteiger partial charge in [0.1, 0.15) is 0 Å². The first kappa shape index (κ1) is 17.7. The Labute approximate surface area is 148 Å². The molecule has 0 unspecified atom stereocenters. The van der Waals surface area contributed by atoms with Gasteiger partial charge in [-0.15, -0.1) is 0 Å². The van der Waals surface area contributed by atoms with E-state index in [0.717, 1.165) is 24.9 Å². The summed E-state index contributed by atoms with van der Waals surface area (Å²) in [5.41, 5.74) is 1.40. The number of rotatable bonds is 6. The Bertz CT molecular complexity index is 810. The van der Waals surface area contributed by atoms with Crippen LogP contribution in [0.4, 0.5) is 0 Å². The first-order valence-corrected chi connectivity index (χ1v) is 10.2. The summed E-state index contributed by atoms with van der Waals surface area (Å²) in [5, 5.41) is 2.71. The molecular formula is C18H23N3O3S. The minimum Gasteiger partial charge on any atom is -0.351 e. The van der Waals surface area contributed by atoms with Gasteiger partial charge in [0.05, 0.1) is 5.75 Å². The van der Waals surface area contributed by atoms with Crippen molar-refractivity contribution in [2.75, 3.05) is 25.4 Å². The number of carbonyl (C=O) groups is 1. The van der Waals surface area contributed by atoms with Gasteiger partial charge in [-0.25, -0.2) is 12.7 Å². The quantitative estimate of drug-likeness (QED) is 0.856. The van der Waals surface area contributed by atoms with Crippen LogP contribution in [0.3, 0.4) is 0 Å². The van der Waals surface area contributed by atoms with Crippen LogP contribution in [0.2, 0.25) is 0 Å². The van der Waals surface area contributed by atoms with Gasteiger partial charge in [0.25, 0.3) is 5.91 Å². The molecule has 1 aromatic heterocycles. The van der Waals surface area contributed by atoms with Crippen molar-refractivity contribution in [1.82, 2.24) is 14.2 Å². The molecule has 25 heavy (non-hydrogen) atoms. The standard InChI is InChI=1S/C18H23N3O3S/c22-18(16-7-6-8-17(15-16)20-10-4-5-11-20)19-9-14-25(23,24)21-12-2-1-3-13-21/h4-8,10-11,15H,1-3,9,12-14H2,(H,19,22). The molecule has 3 rings (SSSR count). The van der Waals surface area contributed by atoms with Crippen molar-refractivity contribution in [3.63, 3.8) is 0 Å². The molecule has 1 N–H and O–H groups in total. The van der Waals surface area contributed by atoms with E-state index in [4.69, 9.17) is 0 Å². The lowest BCUT2D eigenvalue weighted by Gasteiger charge is -2.25. The fraction of sp³-hybridized carbons (Fsp3) is 0.389. The zero-order chi connectivity index (χ0) is 17.7. The van der Waals surface area contributed by atoms with E-state index in [0.29, 0.717) is 18.7 Å². The molecule has 7 heteroatoms. The van der Waals surface area contributed by atoms with E-state index in [1.54, 1.807) is 12.1 Å². The van der Waals surface area contributed by atoms with Crippen molar-refractivity contribution >= 4 is 15.9 Å². The second-order valence-electron chi connectivity index (χ2n) is 6.17. The number of carbonyl (C=O) groups excluding carboxylic acids is 1. The summed E-state index contributed by atoms with van der Waals surface area (Å²) < 4.78 is 28.0. The molecule has 6 nitrogen and oxygen atoms in total. The van der Waals surface area contributed by atoms with Gasteiger partial charge in [0, 0.05) is 43.3 Å². The van der Waals surface area contributed by atoms with E-state index >= 15 is 0 Å². The number of piperidine rings is 1. The molecule has 0 radical (unpaired) electrons. The van der Waals surface area contributed by atoms with Crippen molar-refractivity contribution in [3.05, 3.63) is 54.4 Å². The van der Waals surface area contributed by atoms with Gasteiger partial charge in [-0.3, -0.25) is 4.79 Å². The summed E-state index contributed by atoms with van der Waals surface area (Å²) in [7, 11) is -3.29. The van der Waals surface area contributed by atoms with Gasteiger partial charge < -0.3 is 9.88 Å². The lowest BCUT2D eigenvalue weighted by atomic mass is 10.2. The van der Waals surface area contributed by atoms with E-state index < -0.39 is 10.0 Å². The Morgan fingerprint density at radius 3 is 2.48 bits per heavy atom. The Kier molecular flexibility index (Phi) is 5.55. The second kappa shape index (κ2) is 7.84. The molecule has 0 saturated carbocycles. The van der Waals surface area contributed by atoms with E-state index in [1.165, 1.54) is 4.31 Å². The van der Waals surface area contributed by atoms with Crippen molar-refractivity contribution in [2.24, 2.45) is 0 Å². The van der Waals surface area contributed by atoms with Gasteiger partial charge in [-0.1, -0.05) is 12.5 Å². The normalized spacial score (nSPS) is 15.8. The number of benzene rings is 1. The van der Waals surface area contributed by atoms with Crippen LogP contribution in [0.25, 0.3) is 5.69 Å². The van der Waals surface area contributed by atoms with Crippen molar-refractivity contribution in [2.45, 2.75) is 19.3 Å². The first-order valence-electron chi connectivity index (χ1n) is 8.56. The van der Waals surface area contributed by atoms with Crippen molar-refractivity contribution in [1.29, 1.82) is 0 Å². The molecule has 1 fully saturated rings. The Morgan fingerprint density at radius 1 is 1.04 bits per heavy atom. The molecule has 1 aliphatic heterocycles. The third kappa shape index (κ3) is 4.49. The molecule has 1 aromatic carbocycles. The number of nitrogens with zero attached hydrogens (tertiary/aromatic N) is 2. The first-order chi connectivity index (χ1) is 12.1. The Hall–Kier alpha value is -2.12. The number of aromatic nitrogens is 1. The molecule has 134 valence electrons. The van der Waals surface area contributed by atoms with Gasteiger partial charge in [-0.05, 0) is 43.2 Å². The van der Waals surface area contributed by atoms with Crippen LogP contribution in [-0.4, -0.2) is 48.6 Å². The smallest absolute Gasteiger partial charge is 0.251 e. The van der Waals surface area contributed by atoms with Crippen LogP contribution in [-0.2, 0) is 10.0 Å². The summed E-state index contributed by atoms with van der Waals surface area (Å²) in [5.74, 6) is -0.321. The van der Waals surface area contributed by atoms with E-state index in [9.17, 15) is 13.2 Å². The Balaban J connectivity index is 1.57. The summed E-state index contributed by atoms with van der Waals surface area (Å²) in [6, 6.07) is 11.1. The average molecular weight is 361 g/mol. The third-order valence-corrected chi connectivity index (χ3v) is 6.24. The van der Waals surface area contributed by atoms with Crippen LogP contribution in [0.5, 0.6) is 0 Å². The predicted octanol–water partition coefficient (Wildman–Crippen LogP) is 2.02. The zero-order valence-corrected chi connectivity index (χ0v) is 14.9. The average Bonchev–Trinajstić information content (AvgIpc) is 3.17. The van der Waals surface area contributed by atoms with Crippen molar-refractivity contribution in [3.8, 4) is 5.69 Å². The molecule has 1 amide bonds. The highest BCUT2D eigenvalue weighted by atomic mass is 32.2. The van der Waals surface area contributed by atoms with Crippen LogP contribution >= 0.6 is 0 Å². The molecular weight excluding hydrogens is 338 g/mol. The van der Waals surface area contributed by atoms with Gasteiger partial charge in [0.2, 0.25) is 10.0 Å². The number of hydrogen-bond acceptors (Lipinski definition) is 3. The minimum absolute atomic E-state index is 0.0595. The van der Waals surface area contributed by atoms with E-state index in [2.05, 4.69) is 5.32 Å². The minimum atomic E-state index is -3.29. The molecule has 1 saturated heterocycles. The lowest BCUT2D eigenvalue weighted by molar-refractivity contribution is 0.0956.